The average Bonchev–Trinajstić information content (AvgIpc) is 3.35. The second-order valence-corrected chi connectivity index (χ2v) is 9.41. The highest BCUT2D eigenvalue weighted by atomic mass is 32.2. The summed E-state index contributed by atoms with van der Waals surface area (Å²) in [6.45, 7) is 4.00. The lowest BCUT2D eigenvalue weighted by Gasteiger charge is -2.08. The van der Waals surface area contributed by atoms with Crippen molar-refractivity contribution in [3.8, 4) is 0 Å². The maximum atomic E-state index is 12.5. The van der Waals surface area contributed by atoms with E-state index in [1.54, 1.807) is 23.8 Å². The number of carbonyl (C=O) groups excluding carboxylic acids is 1. The zero-order valence-electron chi connectivity index (χ0n) is 16.3. The monoisotopic (exact) mass is 441 g/mol. The molecule has 0 aliphatic carbocycles. The Morgan fingerprint density at radius 3 is 2.60 bits per heavy atom. The molecular formula is C21H19N3O4S2. The fourth-order valence-electron chi connectivity index (χ4n) is 3.07. The minimum absolute atomic E-state index is 0.0855. The molecule has 0 fully saturated rings. The second kappa shape index (κ2) is 7.92. The van der Waals surface area contributed by atoms with E-state index in [9.17, 15) is 13.2 Å². The van der Waals surface area contributed by atoms with Crippen LogP contribution in [0.15, 0.2) is 63.6 Å². The van der Waals surface area contributed by atoms with Gasteiger partial charge in [-0.2, -0.15) is 0 Å². The highest BCUT2D eigenvalue weighted by molar-refractivity contribution is 7.93. The van der Waals surface area contributed by atoms with Crippen molar-refractivity contribution in [2.24, 2.45) is 0 Å². The van der Waals surface area contributed by atoms with Gasteiger partial charge in [-0.1, -0.05) is 12.1 Å². The van der Waals surface area contributed by atoms with Crippen LogP contribution in [0.4, 0.5) is 10.8 Å². The number of thiazole rings is 1. The van der Waals surface area contributed by atoms with Crippen LogP contribution in [0, 0.1) is 13.8 Å². The first-order valence-electron chi connectivity index (χ1n) is 9.12. The van der Waals surface area contributed by atoms with Gasteiger partial charge in [0.15, 0.2) is 5.13 Å². The van der Waals surface area contributed by atoms with Crippen LogP contribution in [0.1, 0.15) is 16.7 Å². The fourth-order valence-corrected chi connectivity index (χ4v) is 4.86. The number of aromatic nitrogens is 1. The number of sulfonamides is 1. The standard InChI is InChI=1S/C21H19N3O4S2/c1-13-3-8-18-15(12-28-20(18)14(13)2)11-19(25)23-16-4-6-17(7-5-16)30(26,27)24-21-22-9-10-29-21/h3-10,12H,11H2,1-2H3,(H,22,24)(H,23,25). The van der Waals surface area contributed by atoms with Gasteiger partial charge in [0.1, 0.15) is 5.58 Å². The van der Waals surface area contributed by atoms with Gasteiger partial charge in [0.25, 0.3) is 10.0 Å². The van der Waals surface area contributed by atoms with E-state index in [0.717, 1.165) is 27.7 Å². The fraction of sp³-hybridized carbons (Fsp3) is 0.143. The predicted molar refractivity (Wildman–Crippen MR) is 117 cm³/mol. The Bertz CT molecular complexity index is 1310. The Balaban J connectivity index is 1.45. The van der Waals surface area contributed by atoms with Crippen molar-refractivity contribution >= 4 is 49.1 Å². The molecule has 9 heteroatoms. The van der Waals surface area contributed by atoms with E-state index in [1.165, 1.54) is 29.7 Å². The number of aryl methyl sites for hydroxylation is 2. The number of furan rings is 1. The molecule has 0 spiro atoms. The molecule has 0 aliphatic heterocycles. The number of amides is 1. The molecule has 7 nitrogen and oxygen atoms in total. The smallest absolute Gasteiger partial charge is 0.263 e. The van der Waals surface area contributed by atoms with Crippen molar-refractivity contribution < 1.29 is 17.6 Å². The van der Waals surface area contributed by atoms with Gasteiger partial charge in [-0.05, 0) is 49.2 Å². The lowest BCUT2D eigenvalue weighted by molar-refractivity contribution is -0.115. The third kappa shape index (κ3) is 4.07. The number of fused-ring (bicyclic) bond motifs is 1. The van der Waals surface area contributed by atoms with Crippen LogP contribution in [0.25, 0.3) is 11.0 Å². The summed E-state index contributed by atoms with van der Waals surface area (Å²) in [7, 11) is -3.73. The summed E-state index contributed by atoms with van der Waals surface area (Å²) in [6, 6.07) is 9.94. The second-order valence-electron chi connectivity index (χ2n) is 6.84. The van der Waals surface area contributed by atoms with E-state index in [2.05, 4.69) is 15.0 Å². The maximum absolute atomic E-state index is 12.5. The predicted octanol–water partition coefficient (Wildman–Crippen LogP) is 4.49. The molecular weight excluding hydrogens is 422 g/mol. The highest BCUT2D eigenvalue weighted by Gasteiger charge is 2.16. The van der Waals surface area contributed by atoms with Crippen molar-refractivity contribution in [1.82, 2.24) is 4.98 Å². The number of nitrogens with zero attached hydrogens (tertiary/aromatic N) is 1. The number of benzene rings is 2. The quantitative estimate of drug-likeness (QED) is 0.459. The molecule has 2 heterocycles. The third-order valence-corrected chi connectivity index (χ3v) is 6.97. The Hall–Kier alpha value is -3.17. The molecule has 0 radical (unpaired) electrons. The zero-order chi connectivity index (χ0) is 21.3. The van der Waals surface area contributed by atoms with Gasteiger partial charge < -0.3 is 9.73 Å². The van der Waals surface area contributed by atoms with Gasteiger partial charge in [0.05, 0.1) is 17.6 Å². The number of carbonyl (C=O) groups is 1. The molecule has 0 aliphatic rings. The molecule has 4 rings (SSSR count). The van der Waals surface area contributed by atoms with Gasteiger partial charge in [0, 0.05) is 28.2 Å². The van der Waals surface area contributed by atoms with Crippen LogP contribution >= 0.6 is 11.3 Å². The molecule has 1 amide bonds. The first-order valence-corrected chi connectivity index (χ1v) is 11.5. The van der Waals surface area contributed by atoms with Crippen molar-refractivity contribution in [3.63, 3.8) is 0 Å². The molecule has 0 saturated heterocycles. The summed E-state index contributed by atoms with van der Waals surface area (Å²) < 4.78 is 32.8. The lowest BCUT2D eigenvalue weighted by Crippen LogP contribution is -2.15. The molecule has 30 heavy (non-hydrogen) atoms. The number of rotatable bonds is 6. The Morgan fingerprint density at radius 2 is 1.90 bits per heavy atom. The summed E-state index contributed by atoms with van der Waals surface area (Å²) in [5.74, 6) is -0.215. The minimum Gasteiger partial charge on any atom is -0.464 e. The van der Waals surface area contributed by atoms with E-state index in [4.69, 9.17) is 4.42 Å². The summed E-state index contributed by atoms with van der Waals surface area (Å²) in [6.07, 6.45) is 3.28. The van der Waals surface area contributed by atoms with Crippen LogP contribution in [0.3, 0.4) is 0 Å². The Morgan fingerprint density at radius 1 is 1.13 bits per heavy atom. The molecule has 0 saturated carbocycles. The number of hydrogen-bond donors (Lipinski definition) is 2. The van der Waals surface area contributed by atoms with Crippen molar-refractivity contribution in [3.05, 3.63) is 70.9 Å². The maximum Gasteiger partial charge on any atom is 0.263 e. The molecule has 2 aromatic heterocycles. The lowest BCUT2D eigenvalue weighted by atomic mass is 10.0. The largest absolute Gasteiger partial charge is 0.464 e. The highest BCUT2D eigenvalue weighted by Crippen LogP contribution is 2.27. The number of hydrogen-bond acceptors (Lipinski definition) is 6. The van der Waals surface area contributed by atoms with Crippen molar-refractivity contribution in [1.29, 1.82) is 0 Å². The summed E-state index contributed by atoms with van der Waals surface area (Å²) in [5.41, 5.74) is 4.29. The van der Waals surface area contributed by atoms with E-state index in [-0.39, 0.29) is 17.2 Å². The van der Waals surface area contributed by atoms with E-state index < -0.39 is 10.0 Å². The SMILES string of the molecule is Cc1ccc2c(CC(=O)Nc3ccc(S(=O)(=O)Nc4nccs4)cc3)coc2c1C. The molecule has 154 valence electrons. The summed E-state index contributed by atoms with van der Waals surface area (Å²) in [5, 5.41) is 5.69. The molecule has 0 unspecified atom stereocenters. The first-order chi connectivity index (χ1) is 14.3. The average molecular weight is 442 g/mol. The van der Waals surface area contributed by atoms with E-state index in [0.29, 0.717) is 10.8 Å². The molecule has 0 atom stereocenters. The summed E-state index contributed by atoms with van der Waals surface area (Å²) >= 11 is 1.19. The van der Waals surface area contributed by atoms with Crippen LogP contribution < -0.4 is 10.0 Å². The van der Waals surface area contributed by atoms with Gasteiger partial charge in [-0.25, -0.2) is 13.4 Å². The van der Waals surface area contributed by atoms with E-state index >= 15 is 0 Å². The normalized spacial score (nSPS) is 11.5. The van der Waals surface area contributed by atoms with Crippen LogP contribution in [0.2, 0.25) is 0 Å². The molecule has 4 aromatic rings. The van der Waals surface area contributed by atoms with Gasteiger partial charge in [-0.15, -0.1) is 11.3 Å². The molecule has 0 bridgehead atoms. The first kappa shape index (κ1) is 20.1. The van der Waals surface area contributed by atoms with Crippen LogP contribution in [-0.4, -0.2) is 19.3 Å². The van der Waals surface area contributed by atoms with E-state index in [1.807, 2.05) is 26.0 Å². The zero-order valence-corrected chi connectivity index (χ0v) is 17.9. The van der Waals surface area contributed by atoms with Gasteiger partial charge in [-0.3, -0.25) is 9.52 Å². The van der Waals surface area contributed by atoms with Gasteiger partial charge in [0.2, 0.25) is 5.91 Å². The van der Waals surface area contributed by atoms with Crippen molar-refractivity contribution in [2.45, 2.75) is 25.2 Å². The van der Waals surface area contributed by atoms with Gasteiger partial charge >= 0.3 is 0 Å². The third-order valence-electron chi connectivity index (χ3n) is 4.80. The minimum atomic E-state index is -3.73. The van der Waals surface area contributed by atoms with Crippen LogP contribution in [-0.2, 0) is 21.2 Å². The number of anilines is 2. The summed E-state index contributed by atoms with van der Waals surface area (Å²) in [4.78, 5) is 16.5. The van der Waals surface area contributed by atoms with Crippen LogP contribution in [0.5, 0.6) is 0 Å². The van der Waals surface area contributed by atoms with Crippen molar-refractivity contribution in [2.75, 3.05) is 10.0 Å². The Labute approximate surface area is 177 Å². The Kier molecular flexibility index (Phi) is 5.31. The number of nitrogens with one attached hydrogen (secondary N) is 2. The molecule has 2 aromatic carbocycles. The topological polar surface area (TPSA) is 101 Å². The molecule has 2 N–H and O–H groups in total.